The molecule has 29 heavy (non-hydrogen) atoms. The van der Waals surface area contributed by atoms with E-state index in [0.717, 1.165) is 24.4 Å². The molecule has 0 heterocycles. The lowest BCUT2D eigenvalue weighted by molar-refractivity contribution is 0.204. The molecule has 1 aromatic rings. The van der Waals surface area contributed by atoms with Crippen LogP contribution in [0.15, 0.2) is 34.2 Å². The van der Waals surface area contributed by atoms with Gasteiger partial charge >= 0.3 is 0 Å². The van der Waals surface area contributed by atoms with Crippen LogP contribution in [-0.4, -0.2) is 47.7 Å². The first-order valence-electron chi connectivity index (χ1n) is 9.80. The lowest BCUT2D eigenvalue weighted by Gasteiger charge is -2.35. The van der Waals surface area contributed by atoms with Crippen LogP contribution in [0.1, 0.15) is 45.1 Å². The third kappa shape index (κ3) is 8.77. The van der Waals surface area contributed by atoms with Gasteiger partial charge in [0, 0.05) is 33.3 Å². The quantitative estimate of drug-likeness (QED) is 0.205. The molecule has 1 aliphatic carbocycles. The number of benzene rings is 1. The third-order valence-corrected chi connectivity index (χ3v) is 6.63. The van der Waals surface area contributed by atoms with E-state index in [-0.39, 0.29) is 35.4 Å². The number of rotatable bonds is 8. The Morgan fingerprint density at radius 3 is 2.59 bits per heavy atom. The molecule has 2 rings (SSSR count). The summed E-state index contributed by atoms with van der Waals surface area (Å²) < 4.78 is 32.1. The van der Waals surface area contributed by atoms with Crippen LogP contribution in [0.25, 0.3) is 0 Å². The van der Waals surface area contributed by atoms with Crippen LogP contribution >= 0.6 is 24.0 Å². The number of ether oxygens (including phenoxy) is 1. The maximum atomic E-state index is 12.3. The number of nitrogens with one attached hydrogen (secondary N) is 3. The van der Waals surface area contributed by atoms with Crippen molar-refractivity contribution in [2.45, 2.75) is 57.0 Å². The predicted molar refractivity (Wildman–Crippen MR) is 128 cm³/mol. The summed E-state index contributed by atoms with van der Waals surface area (Å²) >= 11 is 0. The van der Waals surface area contributed by atoms with Crippen LogP contribution in [0.2, 0.25) is 0 Å². The molecule has 0 unspecified atom stereocenters. The van der Waals surface area contributed by atoms with E-state index in [0.29, 0.717) is 24.6 Å². The Balaban J connectivity index is 0.00000420. The SMILES string of the molecule is CN=C(NCc1cccc(S(=O)(=O)NCCOC)c1)NC1CCC(C)(C)CC1.I. The van der Waals surface area contributed by atoms with E-state index in [2.05, 4.69) is 34.2 Å². The molecular weight excluding hydrogens is 503 g/mol. The molecule has 1 aliphatic rings. The summed E-state index contributed by atoms with van der Waals surface area (Å²) in [5.41, 5.74) is 1.31. The van der Waals surface area contributed by atoms with Gasteiger partial charge in [0.2, 0.25) is 10.0 Å². The summed E-state index contributed by atoms with van der Waals surface area (Å²) in [6.07, 6.45) is 4.68. The number of aliphatic imine (C=N–C) groups is 1. The fraction of sp³-hybridized carbons (Fsp3) is 0.650. The number of guanidine groups is 1. The van der Waals surface area contributed by atoms with Crippen molar-refractivity contribution in [2.75, 3.05) is 27.3 Å². The van der Waals surface area contributed by atoms with E-state index in [1.165, 1.54) is 20.0 Å². The van der Waals surface area contributed by atoms with Crippen molar-refractivity contribution < 1.29 is 13.2 Å². The van der Waals surface area contributed by atoms with Gasteiger partial charge in [0.15, 0.2) is 5.96 Å². The molecule has 0 bridgehead atoms. The molecule has 0 radical (unpaired) electrons. The molecule has 0 aliphatic heterocycles. The Kier molecular flexibility index (Phi) is 10.9. The third-order valence-electron chi connectivity index (χ3n) is 5.17. The number of hydrogen-bond acceptors (Lipinski definition) is 4. The maximum Gasteiger partial charge on any atom is 0.240 e. The molecular formula is C20H35IN4O3S. The van der Waals surface area contributed by atoms with E-state index in [4.69, 9.17) is 4.74 Å². The zero-order valence-corrected chi connectivity index (χ0v) is 21.0. The number of methoxy groups -OCH3 is 1. The van der Waals surface area contributed by atoms with Crippen molar-refractivity contribution in [1.82, 2.24) is 15.4 Å². The molecule has 3 N–H and O–H groups in total. The molecule has 1 aromatic carbocycles. The monoisotopic (exact) mass is 538 g/mol. The molecule has 1 fully saturated rings. The Labute approximate surface area is 192 Å². The van der Waals surface area contributed by atoms with E-state index >= 15 is 0 Å². The molecule has 0 spiro atoms. The second kappa shape index (κ2) is 12.1. The maximum absolute atomic E-state index is 12.3. The summed E-state index contributed by atoms with van der Waals surface area (Å²) in [6, 6.07) is 7.35. The number of halogens is 1. The topological polar surface area (TPSA) is 91.8 Å². The number of sulfonamides is 1. The van der Waals surface area contributed by atoms with Gasteiger partial charge < -0.3 is 15.4 Å². The minimum absolute atomic E-state index is 0. The summed E-state index contributed by atoms with van der Waals surface area (Å²) in [5, 5.41) is 6.78. The van der Waals surface area contributed by atoms with Gasteiger partial charge in [-0.05, 0) is 48.8 Å². The predicted octanol–water partition coefficient (Wildman–Crippen LogP) is 2.86. The summed E-state index contributed by atoms with van der Waals surface area (Å²) in [4.78, 5) is 4.55. The number of nitrogens with zero attached hydrogens (tertiary/aromatic N) is 1. The standard InChI is InChI=1S/C20H34N4O3S.HI/c1-20(2)10-8-17(9-11-20)24-19(21-3)22-15-16-6-5-7-18(14-16)28(25,26)23-12-13-27-4;/h5-7,14,17,23H,8-13,15H2,1-4H3,(H2,21,22,24);1H. The Bertz CT molecular complexity index is 759. The van der Waals surface area contributed by atoms with Gasteiger partial charge in [-0.2, -0.15) is 0 Å². The van der Waals surface area contributed by atoms with Crippen LogP contribution in [0.4, 0.5) is 0 Å². The van der Waals surface area contributed by atoms with E-state index < -0.39 is 10.0 Å². The summed E-state index contributed by atoms with van der Waals surface area (Å²) in [7, 11) is -0.246. The first-order chi connectivity index (χ1) is 13.3. The highest BCUT2D eigenvalue weighted by atomic mass is 127. The van der Waals surface area contributed by atoms with Gasteiger partial charge in [-0.3, -0.25) is 4.99 Å². The summed E-state index contributed by atoms with van der Waals surface area (Å²) in [5.74, 6) is 0.746. The molecule has 0 amide bonds. The van der Waals surface area contributed by atoms with Crippen molar-refractivity contribution in [3.63, 3.8) is 0 Å². The molecule has 166 valence electrons. The van der Waals surface area contributed by atoms with Gasteiger partial charge in [-0.1, -0.05) is 26.0 Å². The van der Waals surface area contributed by atoms with Gasteiger partial charge in [0.05, 0.1) is 11.5 Å². The Hall–Kier alpha value is -0.910. The van der Waals surface area contributed by atoms with Crippen molar-refractivity contribution in [3.05, 3.63) is 29.8 Å². The Morgan fingerprint density at radius 1 is 1.28 bits per heavy atom. The van der Waals surface area contributed by atoms with Gasteiger partial charge in [-0.25, -0.2) is 13.1 Å². The number of hydrogen-bond donors (Lipinski definition) is 3. The molecule has 1 saturated carbocycles. The van der Waals surface area contributed by atoms with Gasteiger partial charge in [0.25, 0.3) is 0 Å². The lowest BCUT2D eigenvalue weighted by Crippen LogP contribution is -2.45. The minimum atomic E-state index is -3.54. The van der Waals surface area contributed by atoms with Crippen molar-refractivity contribution >= 4 is 40.0 Å². The first kappa shape index (κ1) is 26.1. The first-order valence-corrected chi connectivity index (χ1v) is 11.3. The average Bonchev–Trinajstić information content (AvgIpc) is 2.67. The smallest absolute Gasteiger partial charge is 0.240 e. The highest BCUT2D eigenvalue weighted by molar-refractivity contribution is 14.0. The highest BCUT2D eigenvalue weighted by Gasteiger charge is 2.27. The van der Waals surface area contributed by atoms with Gasteiger partial charge in [-0.15, -0.1) is 24.0 Å². The molecule has 0 atom stereocenters. The highest BCUT2D eigenvalue weighted by Crippen LogP contribution is 2.34. The van der Waals surface area contributed by atoms with Crippen LogP contribution in [0.5, 0.6) is 0 Å². The molecule has 0 aromatic heterocycles. The van der Waals surface area contributed by atoms with E-state index in [1.807, 2.05) is 6.07 Å². The van der Waals surface area contributed by atoms with Crippen LogP contribution < -0.4 is 15.4 Å². The fourth-order valence-corrected chi connectivity index (χ4v) is 4.38. The normalized spacial score (nSPS) is 17.4. The average molecular weight is 538 g/mol. The minimum Gasteiger partial charge on any atom is -0.383 e. The second-order valence-corrected chi connectivity index (χ2v) is 9.81. The Morgan fingerprint density at radius 2 is 1.97 bits per heavy atom. The molecule has 0 saturated heterocycles. The zero-order chi connectivity index (χ0) is 20.6. The van der Waals surface area contributed by atoms with Crippen molar-refractivity contribution in [2.24, 2.45) is 10.4 Å². The van der Waals surface area contributed by atoms with Crippen LogP contribution in [0, 0.1) is 5.41 Å². The van der Waals surface area contributed by atoms with Crippen molar-refractivity contribution in [3.8, 4) is 0 Å². The van der Waals surface area contributed by atoms with Crippen molar-refractivity contribution in [1.29, 1.82) is 0 Å². The van der Waals surface area contributed by atoms with Gasteiger partial charge in [0.1, 0.15) is 0 Å². The second-order valence-electron chi connectivity index (χ2n) is 8.05. The molecule has 7 nitrogen and oxygen atoms in total. The molecule has 9 heteroatoms. The largest absolute Gasteiger partial charge is 0.383 e. The van der Waals surface area contributed by atoms with Crippen LogP contribution in [-0.2, 0) is 21.3 Å². The van der Waals surface area contributed by atoms with Crippen LogP contribution in [0.3, 0.4) is 0 Å². The summed E-state index contributed by atoms with van der Waals surface area (Å²) in [6.45, 7) is 5.72. The lowest BCUT2D eigenvalue weighted by atomic mass is 9.75. The zero-order valence-electron chi connectivity index (χ0n) is 17.8. The van der Waals surface area contributed by atoms with E-state index in [1.54, 1.807) is 25.2 Å². The fourth-order valence-electron chi connectivity index (χ4n) is 3.30. The van der Waals surface area contributed by atoms with E-state index in [9.17, 15) is 8.42 Å².